The number of anilines is 1. The Labute approximate surface area is 105 Å². The summed E-state index contributed by atoms with van der Waals surface area (Å²) in [5, 5.41) is 6.07. The van der Waals surface area contributed by atoms with Crippen LogP contribution in [-0.2, 0) is 16.6 Å². The fraction of sp³-hybridized carbons (Fsp3) is 0.182. The van der Waals surface area contributed by atoms with Gasteiger partial charge in [0, 0.05) is 6.54 Å². The molecule has 1 aromatic carbocycles. The summed E-state index contributed by atoms with van der Waals surface area (Å²) in [6.07, 6.45) is 1.39. The van der Waals surface area contributed by atoms with E-state index in [1.807, 2.05) is 19.1 Å². The van der Waals surface area contributed by atoms with Crippen molar-refractivity contribution in [3.8, 4) is 0 Å². The van der Waals surface area contributed by atoms with Gasteiger partial charge in [0.2, 0.25) is 0 Å². The van der Waals surface area contributed by atoms with E-state index in [-0.39, 0.29) is 5.03 Å². The lowest BCUT2D eigenvalue weighted by Gasteiger charge is -2.10. The van der Waals surface area contributed by atoms with Crippen molar-refractivity contribution >= 4 is 15.7 Å². The highest BCUT2D eigenvalue weighted by molar-refractivity contribution is 7.92. The molecule has 0 saturated carbocycles. The molecule has 18 heavy (non-hydrogen) atoms. The minimum Gasteiger partial charge on any atom is -0.326 e. The van der Waals surface area contributed by atoms with Crippen molar-refractivity contribution in [2.24, 2.45) is 5.73 Å². The van der Waals surface area contributed by atoms with Gasteiger partial charge in [0.25, 0.3) is 10.0 Å². The number of aryl methyl sites for hydroxylation is 1. The summed E-state index contributed by atoms with van der Waals surface area (Å²) in [6.45, 7) is 2.18. The van der Waals surface area contributed by atoms with Crippen LogP contribution in [0.25, 0.3) is 0 Å². The minimum absolute atomic E-state index is 0.0278. The molecule has 0 aliphatic heterocycles. The molecule has 2 aromatic rings. The molecular formula is C11H14N4O2S. The van der Waals surface area contributed by atoms with E-state index in [2.05, 4.69) is 14.9 Å². The van der Waals surface area contributed by atoms with E-state index in [4.69, 9.17) is 5.73 Å². The number of hydrogen-bond acceptors (Lipinski definition) is 4. The van der Waals surface area contributed by atoms with Crippen LogP contribution in [0.1, 0.15) is 11.1 Å². The molecule has 1 aromatic heterocycles. The second kappa shape index (κ2) is 4.79. The number of sulfonamides is 1. The Balaban J connectivity index is 2.35. The highest BCUT2D eigenvalue weighted by atomic mass is 32.2. The SMILES string of the molecule is Cc1ccc(CN)cc1NS(=O)(=O)c1ccn[nH]1. The quantitative estimate of drug-likeness (QED) is 0.767. The van der Waals surface area contributed by atoms with Crippen molar-refractivity contribution < 1.29 is 8.42 Å². The third kappa shape index (κ3) is 2.52. The summed E-state index contributed by atoms with van der Waals surface area (Å²) in [5.41, 5.74) is 7.75. The molecule has 0 fully saturated rings. The topological polar surface area (TPSA) is 101 Å². The molecule has 0 aliphatic carbocycles. The van der Waals surface area contributed by atoms with E-state index in [9.17, 15) is 8.42 Å². The molecule has 0 unspecified atom stereocenters. The fourth-order valence-corrected chi connectivity index (χ4v) is 2.53. The van der Waals surface area contributed by atoms with Gasteiger partial charge in [0.05, 0.1) is 11.9 Å². The van der Waals surface area contributed by atoms with Crippen LogP contribution in [0.2, 0.25) is 0 Å². The number of aromatic nitrogens is 2. The molecule has 0 saturated heterocycles. The summed E-state index contributed by atoms with van der Waals surface area (Å²) in [5.74, 6) is 0. The van der Waals surface area contributed by atoms with E-state index < -0.39 is 10.0 Å². The molecule has 7 heteroatoms. The molecule has 0 radical (unpaired) electrons. The summed E-state index contributed by atoms with van der Waals surface area (Å²) >= 11 is 0. The molecular weight excluding hydrogens is 252 g/mol. The first-order chi connectivity index (χ1) is 8.53. The number of H-pyrrole nitrogens is 1. The Morgan fingerprint density at radius 3 is 2.78 bits per heavy atom. The number of nitrogens with one attached hydrogen (secondary N) is 2. The van der Waals surface area contributed by atoms with Gasteiger partial charge in [-0.3, -0.25) is 9.82 Å². The van der Waals surface area contributed by atoms with Crippen LogP contribution < -0.4 is 10.5 Å². The fourth-order valence-electron chi connectivity index (χ4n) is 1.50. The maximum absolute atomic E-state index is 12.0. The number of rotatable bonds is 4. The Morgan fingerprint density at radius 2 is 2.17 bits per heavy atom. The van der Waals surface area contributed by atoms with Gasteiger partial charge in [0.15, 0.2) is 5.03 Å². The first-order valence-corrected chi connectivity index (χ1v) is 6.83. The number of nitrogens with zero attached hydrogens (tertiary/aromatic N) is 1. The van der Waals surface area contributed by atoms with E-state index in [0.717, 1.165) is 11.1 Å². The number of nitrogens with two attached hydrogens (primary N) is 1. The largest absolute Gasteiger partial charge is 0.326 e. The van der Waals surface area contributed by atoms with Crippen molar-refractivity contribution in [3.05, 3.63) is 41.6 Å². The molecule has 96 valence electrons. The van der Waals surface area contributed by atoms with Crippen molar-refractivity contribution in [2.45, 2.75) is 18.5 Å². The van der Waals surface area contributed by atoms with Gasteiger partial charge in [-0.1, -0.05) is 12.1 Å². The Kier molecular flexibility index (Phi) is 3.35. The summed E-state index contributed by atoms with van der Waals surface area (Å²) in [7, 11) is -3.63. The van der Waals surface area contributed by atoms with E-state index >= 15 is 0 Å². The maximum Gasteiger partial charge on any atom is 0.278 e. The highest BCUT2D eigenvalue weighted by Gasteiger charge is 2.16. The Bertz CT molecular complexity index is 635. The smallest absolute Gasteiger partial charge is 0.278 e. The zero-order chi connectivity index (χ0) is 13.2. The van der Waals surface area contributed by atoms with Gasteiger partial charge in [-0.05, 0) is 30.2 Å². The lowest BCUT2D eigenvalue weighted by molar-refractivity contribution is 0.597. The Morgan fingerprint density at radius 1 is 1.39 bits per heavy atom. The Hall–Kier alpha value is -1.86. The highest BCUT2D eigenvalue weighted by Crippen LogP contribution is 2.20. The van der Waals surface area contributed by atoms with Crippen molar-refractivity contribution in [1.82, 2.24) is 10.2 Å². The molecule has 0 spiro atoms. The first-order valence-electron chi connectivity index (χ1n) is 5.35. The second-order valence-corrected chi connectivity index (χ2v) is 5.53. The van der Waals surface area contributed by atoms with Crippen LogP contribution in [0.15, 0.2) is 35.5 Å². The predicted octanol–water partition coefficient (Wildman–Crippen LogP) is 0.978. The maximum atomic E-state index is 12.0. The van der Waals surface area contributed by atoms with Gasteiger partial charge >= 0.3 is 0 Å². The molecule has 2 rings (SSSR count). The van der Waals surface area contributed by atoms with Crippen molar-refractivity contribution in [3.63, 3.8) is 0 Å². The van der Waals surface area contributed by atoms with Crippen LogP contribution in [-0.4, -0.2) is 18.6 Å². The average Bonchev–Trinajstić information content (AvgIpc) is 2.86. The number of hydrogen-bond donors (Lipinski definition) is 3. The van der Waals surface area contributed by atoms with Crippen molar-refractivity contribution in [1.29, 1.82) is 0 Å². The minimum atomic E-state index is -3.63. The number of aromatic amines is 1. The molecule has 4 N–H and O–H groups in total. The van der Waals surface area contributed by atoms with Crippen LogP contribution >= 0.6 is 0 Å². The average molecular weight is 266 g/mol. The van der Waals surface area contributed by atoms with Gasteiger partial charge in [0.1, 0.15) is 0 Å². The third-order valence-electron chi connectivity index (χ3n) is 2.55. The second-order valence-electron chi connectivity index (χ2n) is 3.88. The van der Waals surface area contributed by atoms with E-state index in [0.29, 0.717) is 12.2 Å². The molecule has 0 bridgehead atoms. The predicted molar refractivity (Wildman–Crippen MR) is 68.5 cm³/mol. The van der Waals surface area contributed by atoms with Gasteiger partial charge in [-0.25, -0.2) is 0 Å². The van der Waals surface area contributed by atoms with Crippen LogP contribution in [0.5, 0.6) is 0 Å². The zero-order valence-corrected chi connectivity index (χ0v) is 10.7. The zero-order valence-electron chi connectivity index (χ0n) is 9.84. The number of benzene rings is 1. The lowest BCUT2D eigenvalue weighted by Crippen LogP contribution is -2.14. The third-order valence-corrected chi connectivity index (χ3v) is 3.84. The lowest BCUT2D eigenvalue weighted by atomic mass is 10.1. The van der Waals surface area contributed by atoms with E-state index in [1.165, 1.54) is 12.3 Å². The van der Waals surface area contributed by atoms with Crippen LogP contribution in [0.3, 0.4) is 0 Å². The van der Waals surface area contributed by atoms with E-state index in [1.54, 1.807) is 6.07 Å². The first kappa shape index (κ1) is 12.6. The monoisotopic (exact) mass is 266 g/mol. The van der Waals surface area contributed by atoms with Crippen LogP contribution in [0, 0.1) is 6.92 Å². The normalized spacial score (nSPS) is 11.4. The molecule has 0 aliphatic rings. The standard InChI is InChI=1S/C11H14N4O2S/c1-8-2-3-9(7-12)6-10(8)15-18(16,17)11-4-5-13-14-11/h2-6,15H,7,12H2,1H3,(H,13,14). The van der Waals surface area contributed by atoms with Crippen LogP contribution in [0.4, 0.5) is 5.69 Å². The molecule has 0 amide bonds. The van der Waals surface area contributed by atoms with Gasteiger partial charge < -0.3 is 5.73 Å². The van der Waals surface area contributed by atoms with Gasteiger partial charge in [-0.2, -0.15) is 13.5 Å². The van der Waals surface area contributed by atoms with Crippen molar-refractivity contribution in [2.75, 3.05) is 4.72 Å². The molecule has 6 nitrogen and oxygen atoms in total. The summed E-state index contributed by atoms with van der Waals surface area (Å²) in [6, 6.07) is 6.81. The summed E-state index contributed by atoms with van der Waals surface area (Å²) < 4.78 is 26.5. The van der Waals surface area contributed by atoms with Gasteiger partial charge in [-0.15, -0.1) is 0 Å². The summed E-state index contributed by atoms with van der Waals surface area (Å²) in [4.78, 5) is 0. The molecule has 1 heterocycles. The molecule has 0 atom stereocenters.